The van der Waals surface area contributed by atoms with Crippen molar-refractivity contribution in [1.82, 2.24) is 0 Å². The molecule has 0 aliphatic heterocycles. The van der Waals surface area contributed by atoms with E-state index in [2.05, 4.69) is 0 Å². The van der Waals surface area contributed by atoms with E-state index >= 15 is 0 Å². The molecule has 0 radical (unpaired) electrons. The van der Waals surface area contributed by atoms with Crippen molar-refractivity contribution in [1.29, 1.82) is 0 Å². The van der Waals surface area contributed by atoms with Gasteiger partial charge in [-0.3, -0.25) is 4.21 Å². The van der Waals surface area contributed by atoms with Gasteiger partial charge in [0.1, 0.15) is 5.75 Å². The van der Waals surface area contributed by atoms with Gasteiger partial charge in [0.05, 0.1) is 22.7 Å². The van der Waals surface area contributed by atoms with Crippen molar-refractivity contribution in [3.05, 3.63) is 59.7 Å². The summed E-state index contributed by atoms with van der Waals surface area (Å²) in [5.41, 5.74) is 1.97. The molecule has 2 atom stereocenters. The topological polar surface area (TPSA) is 57.5 Å². The highest BCUT2D eigenvalue weighted by Crippen LogP contribution is 2.26. The third-order valence-corrected chi connectivity index (χ3v) is 4.62. The fraction of sp³-hybridized carbons (Fsp3) is 0.200. The van der Waals surface area contributed by atoms with E-state index in [1.807, 2.05) is 31.2 Å². The standard InChI is InChI=1S/C15H16O3S/c1-11-2-4-12(5-3-11)15(10-16)19(18)14-8-6-13(17)7-9-14/h2-9,15-17H,10H2,1H3. The smallest absolute Gasteiger partial charge is 0.115 e. The molecule has 2 unspecified atom stereocenters. The Bertz CT molecular complexity index is 561. The molecule has 3 nitrogen and oxygen atoms in total. The zero-order chi connectivity index (χ0) is 13.8. The third-order valence-electron chi connectivity index (χ3n) is 2.94. The molecule has 2 aromatic carbocycles. The summed E-state index contributed by atoms with van der Waals surface area (Å²) in [6, 6.07) is 13.9. The van der Waals surface area contributed by atoms with Crippen molar-refractivity contribution in [3.8, 4) is 5.75 Å². The van der Waals surface area contributed by atoms with E-state index in [1.54, 1.807) is 12.1 Å². The number of hydrogen-bond acceptors (Lipinski definition) is 3. The average molecular weight is 276 g/mol. The molecule has 0 aromatic heterocycles. The number of aliphatic hydroxyl groups is 1. The Morgan fingerprint density at radius 3 is 2.16 bits per heavy atom. The van der Waals surface area contributed by atoms with E-state index in [0.717, 1.165) is 11.1 Å². The number of phenols is 1. The predicted octanol–water partition coefficient (Wildman–Crippen LogP) is 2.54. The lowest BCUT2D eigenvalue weighted by molar-refractivity contribution is 0.294. The number of rotatable bonds is 4. The number of aromatic hydroxyl groups is 1. The van der Waals surface area contributed by atoms with Crippen LogP contribution in [0.4, 0.5) is 0 Å². The molecule has 0 amide bonds. The quantitative estimate of drug-likeness (QED) is 0.902. The van der Waals surface area contributed by atoms with Gasteiger partial charge in [-0.05, 0) is 36.8 Å². The normalized spacial score (nSPS) is 14.0. The van der Waals surface area contributed by atoms with Crippen LogP contribution in [0.15, 0.2) is 53.4 Å². The molecule has 0 aliphatic carbocycles. The monoisotopic (exact) mass is 276 g/mol. The number of aliphatic hydroxyl groups excluding tert-OH is 1. The lowest BCUT2D eigenvalue weighted by Gasteiger charge is -2.14. The van der Waals surface area contributed by atoms with E-state index in [1.165, 1.54) is 12.1 Å². The number of phenolic OH excluding ortho intramolecular Hbond substituents is 1. The average Bonchev–Trinajstić information content (AvgIpc) is 2.42. The summed E-state index contributed by atoms with van der Waals surface area (Å²) in [5, 5.41) is 18.3. The molecule has 4 heteroatoms. The number of aryl methyl sites for hydroxylation is 1. The maximum absolute atomic E-state index is 12.4. The Labute approximate surface area is 115 Å². The molecule has 0 aliphatic rings. The summed E-state index contributed by atoms with van der Waals surface area (Å²) in [5.74, 6) is 0.136. The predicted molar refractivity (Wildman–Crippen MR) is 75.5 cm³/mol. The molecule has 0 fully saturated rings. The van der Waals surface area contributed by atoms with Crippen LogP contribution >= 0.6 is 0 Å². The van der Waals surface area contributed by atoms with E-state index < -0.39 is 16.0 Å². The van der Waals surface area contributed by atoms with Gasteiger partial charge in [-0.15, -0.1) is 0 Å². The van der Waals surface area contributed by atoms with Crippen LogP contribution in [-0.2, 0) is 10.8 Å². The Hall–Kier alpha value is -1.65. The van der Waals surface area contributed by atoms with Gasteiger partial charge in [-0.25, -0.2) is 0 Å². The summed E-state index contributed by atoms with van der Waals surface area (Å²) in [4.78, 5) is 0.595. The maximum atomic E-state index is 12.4. The SMILES string of the molecule is Cc1ccc(C(CO)S(=O)c2ccc(O)cc2)cc1. The van der Waals surface area contributed by atoms with Gasteiger partial charge in [0.2, 0.25) is 0 Å². The van der Waals surface area contributed by atoms with E-state index in [-0.39, 0.29) is 12.4 Å². The Kier molecular flexibility index (Phi) is 4.35. The van der Waals surface area contributed by atoms with Gasteiger partial charge in [0.25, 0.3) is 0 Å². The van der Waals surface area contributed by atoms with Gasteiger partial charge >= 0.3 is 0 Å². The lowest BCUT2D eigenvalue weighted by Crippen LogP contribution is -2.11. The molecule has 2 rings (SSSR count). The highest BCUT2D eigenvalue weighted by molar-refractivity contribution is 7.85. The van der Waals surface area contributed by atoms with Gasteiger partial charge in [0.15, 0.2) is 0 Å². The molecule has 0 heterocycles. The first-order valence-electron chi connectivity index (χ1n) is 5.99. The Balaban J connectivity index is 2.29. The first-order chi connectivity index (χ1) is 9.11. The van der Waals surface area contributed by atoms with Crippen LogP contribution in [0.25, 0.3) is 0 Å². The molecule has 19 heavy (non-hydrogen) atoms. The molecule has 2 aromatic rings. The third kappa shape index (κ3) is 3.22. The van der Waals surface area contributed by atoms with Crippen LogP contribution in [0.3, 0.4) is 0 Å². The first-order valence-corrected chi connectivity index (χ1v) is 7.20. The van der Waals surface area contributed by atoms with Crippen LogP contribution in [-0.4, -0.2) is 21.0 Å². The molecule has 100 valence electrons. The lowest BCUT2D eigenvalue weighted by atomic mass is 10.1. The van der Waals surface area contributed by atoms with E-state index in [0.29, 0.717) is 4.90 Å². The van der Waals surface area contributed by atoms with Gasteiger partial charge in [0, 0.05) is 4.90 Å². The zero-order valence-corrected chi connectivity index (χ0v) is 11.4. The molecular weight excluding hydrogens is 260 g/mol. The highest BCUT2D eigenvalue weighted by atomic mass is 32.2. The molecule has 0 spiro atoms. The second-order valence-corrected chi connectivity index (χ2v) is 6.01. The minimum atomic E-state index is -1.35. The first kappa shape index (κ1) is 13.8. The Morgan fingerprint density at radius 1 is 1.05 bits per heavy atom. The second-order valence-electron chi connectivity index (χ2n) is 4.37. The van der Waals surface area contributed by atoms with Crippen molar-refractivity contribution in [2.75, 3.05) is 6.61 Å². The maximum Gasteiger partial charge on any atom is 0.115 e. The van der Waals surface area contributed by atoms with Gasteiger partial charge in [-0.1, -0.05) is 29.8 Å². The zero-order valence-electron chi connectivity index (χ0n) is 10.6. The van der Waals surface area contributed by atoms with E-state index in [4.69, 9.17) is 0 Å². The fourth-order valence-corrected chi connectivity index (χ4v) is 3.09. The van der Waals surface area contributed by atoms with Crippen LogP contribution in [0.2, 0.25) is 0 Å². The van der Waals surface area contributed by atoms with Crippen LogP contribution in [0.5, 0.6) is 5.75 Å². The van der Waals surface area contributed by atoms with Crippen LogP contribution in [0.1, 0.15) is 16.4 Å². The van der Waals surface area contributed by atoms with Crippen molar-refractivity contribution >= 4 is 10.8 Å². The molecule has 0 saturated heterocycles. The summed E-state index contributed by atoms with van der Waals surface area (Å²) < 4.78 is 12.4. The largest absolute Gasteiger partial charge is 0.508 e. The van der Waals surface area contributed by atoms with Gasteiger partial charge in [-0.2, -0.15) is 0 Å². The summed E-state index contributed by atoms with van der Waals surface area (Å²) in [6.07, 6.45) is 0. The van der Waals surface area contributed by atoms with E-state index in [9.17, 15) is 14.4 Å². The molecule has 0 saturated carbocycles. The summed E-state index contributed by atoms with van der Waals surface area (Å²) in [7, 11) is -1.35. The minimum absolute atomic E-state index is 0.136. The van der Waals surface area contributed by atoms with Crippen LogP contribution in [0, 0.1) is 6.92 Å². The minimum Gasteiger partial charge on any atom is -0.508 e. The van der Waals surface area contributed by atoms with Gasteiger partial charge < -0.3 is 10.2 Å². The van der Waals surface area contributed by atoms with Crippen molar-refractivity contribution < 1.29 is 14.4 Å². The van der Waals surface area contributed by atoms with Crippen LogP contribution < -0.4 is 0 Å². The Morgan fingerprint density at radius 2 is 1.63 bits per heavy atom. The summed E-state index contributed by atoms with van der Waals surface area (Å²) >= 11 is 0. The van der Waals surface area contributed by atoms with Crippen molar-refractivity contribution in [2.24, 2.45) is 0 Å². The molecule has 2 N–H and O–H groups in total. The summed E-state index contributed by atoms with van der Waals surface area (Å²) in [6.45, 7) is 1.80. The van der Waals surface area contributed by atoms with Crippen molar-refractivity contribution in [2.45, 2.75) is 17.1 Å². The fourth-order valence-electron chi connectivity index (χ4n) is 1.82. The second kappa shape index (κ2) is 5.99. The number of benzene rings is 2. The molecular formula is C15H16O3S. The van der Waals surface area contributed by atoms with Crippen molar-refractivity contribution in [3.63, 3.8) is 0 Å². The number of hydrogen-bond donors (Lipinski definition) is 2. The molecule has 0 bridgehead atoms. The highest BCUT2D eigenvalue weighted by Gasteiger charge is 2.19.